The first-order valence-corrected chi connectivity index (χ1v) is 59.6. The van der Waals surface area contributed by atoms with Crippen molar-refractivity contribution < 1.29 is 99.5 Å². The number of hydrogen-bond acceptors (Lipinski definition) is 14. The fraction of sp³-hybridized carbons (Fsp3) is 0.949. The number of carboxylic acid groups (broad SMARTS) is 6. The summed E-state index contributed by atoms with van der Waals surface area (Å²) in [6.45, 7) is -0.695. The minimum Gasteiger partial charge on any atom is -0.481 e. The Morgan fingerprint density at radius 2 is 0.239 bits per heavy atom. The van der Waals surface area contributed by atoms with Gasteiger partial charge < -0.3 is 70.8 Å². The highest BCUT2D eigenvalue weighted by atomic mass is 16.5. The minimum atomic E-state index is -1.11. The SMILES string of the molecule is O=C(O)CCCCCCCCCCCCCCCCCOC(CCCCCCCCCCCCCCCCCC(=O)O)(CCCCCCCCCCCCCCCCCC(=O)O)C(CO)(CO)C(CCCCCCCCCCCCCCCCCC(=O)O)(CCCCCCCCCCCCCCCCCC(=O)O)OCCCCCCCCCCCCCCCCCC(=O)O.OCC(CO)(CO)CO. The van der Waals surface area contributed by atoms with Gasteiger partial charge in [0.2, 0.25) is 0 Å². The normalized spacial score (nSPS) is 12.0. The molecule has 0 saturated heterocycles. The van der Waals surface area contributed by atoms with Crippen LogP contribution < -0.4 is 0 Å². The molecule has 0 aromatic heterocycles. The monoisotopic (exact) mass is 1970 g/mol. The van der Waals surface area contributed by atoms with E-state index in [1.165, 1.54) is 385 Å². The Balaban J connectivity index is 0. The Kier molecular flexibility index (Phi) is 105. The summed E-state index contributed by atoms with van der Waals surface area (Å²) in [6.07, 6.45) is 110. The zero-order chi connectivity index (χ0) is 101. The number of aliphatic hydroxyl groups excluding tert-OH is 6. The van der Waals surface area contributed by atoms with Crippen molar-refractivity contribution in [2.24, 2.45) is 10.8 Å². The molecular weight excluding hydrogens is 1740 g/mol. The van der Waals surface area contributed by atoms with Crippen molar-refractivity contribution in [1.82, 2.24) is 0 Å². The lowest BCUT2D eigenvalue weighted by Gasteiger charge is -2.59. The van der Waals surface area contributed by atoms with E-state index in [2.05, 4.69) is 0 Å². The highest BCUT2D eigenvalue weighted by Crippen LogP contribution is 2.55. The molecule has 0 spiro atoms. The number of aliphatic hydroxyl groups is 6. The van der Waals surface area contributed by atoms with Gasteiger partial charge in [-0.25, -0.2) is 0 Å². The van der Waals surface area contributed by atoms with E-state index in [9.17, 15) is 39.0 Å². The van der Waals surface area contributed by atoms with Crippen molar-refractivity contribution in [1.29, 1.82) is 0 Å². The molecule has 0 amide bonds. The van der Waals surface area contributed by atoms with Gasteiger partial charge in [-0.3, -0.25) is 28.8 Å². The Hall–Kier alpha value is -3.50. The maximum Gasteiger partial charge on any atom is 0.303 e. The molecule has 0 saturated carbocycles. The topological polar surface area (TPSA) is 364 Å². The van der Waals surface area contributed by atoms with Crippen molar-refractivity contribution in [3.8, 4) is 0 Å². The molecule has 0 radical (unpaired) electrons. The predicted octanol–water partition coefficient (Wildman–Crippen LogP) is 32.9. The van der Waals surface area contributed by atoms with Crippen molar-refractivity contribution in [3.63, 3.8) is 0 Å². The fourth-order valence-electron chi connectivity index (χ4n) is 20.9. The van der Waals surface area contributed by atoms with Gasteiger partial charge in [0.05, 0.1) is 61.7 Å². The smallest absolute Gasteiger partial charge is 0.303 e. The summed E-state index contributed by atoms with van der Waals surface area (Å²) in [5.41, 5.74) is -3.73. The number of ether oxygens (including phenoxy) is 2. The number of rotatable bonds is 118. The molecule has 0 heterocycles. The van der Waals surface area contributed by atoms with Crippen LogP contribution in [0.1, 0.15) is 642 Å². The lowest BCUT2D eigenvalue weighted by atomic mass is 9.56. The number of unbranched alkanes of at least 4 members (excludes halogenated alkanes) is 84. The summed E-state index contributed by atoms with van der Waals surface area (Å²) in [7, 11) is 0. The first-order chi connectivity index (χ1) is 67.4. The number of carboxylic acids is 6. The maximum absolute atomic E-state index is 13.1. The van der Waals surface area contributed by atoms with Gasteiger partial charge in [0, 0.05) is 51.7 Å². The number of aliphatic carboxylic acids is 6. The van der Waals surface area contributed by atoms with Crippen molar-refractivity contribution in [2.45, 2.75) is 653 Å². The average molecular weight is 1970 g/mol. The molecule has 0 bridgehead atoms. The van der Waals surface area contributed by atoms with Gasteiger partial charge in [0.15, 0.2) is 0 Å². The second-order valence-corrected chi connectivity index (χ2v) is 42.9. The first kappa shape index (κ1) is 137. The first-order valence-electron chi connectivity index (χ1n) is 59.6. The summed E-state index contributed by atoms with van der Waals surface area (Å²) < 4.78 is 16.0. The molecular formula is C118H228O20. The predicted molar refractivity (Wildman–Crippen MR) is 572 cm³/mol. The third-order valence-corrected chi connectivity index (χ3v) is 30.3. The van der Waals surface area contributed by atoms with E-state index in [1.54, 1.807) is 0 Å². The third kappa shape index (κ3) is 88.9. The van der Waals surface area contributed by atoms with Gasteiger partial charge in [0.1, 0.15) is 0 Å². The van der Waals surface area contributed by atoms with Crippen LogP contribution in [0.5, 0.6) is 0 Å². The molecule has 0 atom stereocenters. The second kappa shape index (κ2) is 106. The average Bonchev–Trinajstić information content (AvgIpc) is 0.722. The maximum atomic E-state index is 13.1. The third-order valence-electron chi connectivity index (χ3n) is 30.3. The molecule has 0 aliphatic rings. The molecule has 0 unspecified atom stereocenters. The van der Waals surface area contributed by atoms with Crippen LogP contribution in [0.3, 0.4) is 0 Å². The highest BCUT2D eigenvalue weighted by Gasteiger charge is 2.63. The van der Waals surface area contributed by atoms with Gasteiger partial charge in [0.25, 0.3) is 0 Å². The largest absolute Gasteiger partial charge is 0.481 e. The Morgan fingerprint density at radius 1 is 0.138 bits per heavy atom. The van der Waals surface area contributed by atoms with Crippen LogP contribution in [0.15, 0.2) is 0 Å². The lowest BCUT2D eigenvalue weighted by molar-refractivity contribution is -0.274. The molecule has 20 nitrogen and oxygen atoms in total. The van der Waals surface area contributed by atoms with Gasteiger partial charge in [-0.2, -0.15) is 0 Å². The van der Waals surface area contributed by atoms with Crippen LogP contribution in [0.4, 0.5) is 0 Å². The van der Waals surface area contributed by atoms with Crippen molar-refractivity contribution in [3.05, 3.63) is 0 Å². The number of carbonyl (C=O) groups is 6. The Bertz CT molecular complexity index is 2290. The minimum absolute atomic E-state index is 0.161. The van der Waals surface area contributed by atoms with E-state index in [0.29, 0.717) is 13.2 Å². The van der Waals surface area contributed by atoms with E-state index in [0.717, 1.165) is 218 Å². The van der Waals surface area contributed by atoms with Crippen LogP contribution in [0.2, 0.25) is 0 Å². The summed E-state index contributed by atoms with van der Waals surface area (Å²) in [5, 5.41) is 114. The molecule has 0 rings (SSSR count). The van der Waals surface area contributed by atoms with Gasteiger partial charge in [-0.15, -0.1) is 0 Å². The van der Waals surface area contributed by atoms with E-state index >= 15 is 0 Å². The van der Waals surface area contributed by atoms with Crippen molar-refractivity contribution in [2.75, 3.05) is 52.9 Å². The van der Waals surface area contributed by atoms with Gasteiger partial charge >= 0.3 is 35.8 Å². The Morgan fingerprint density at radius 3 is 0.333 bits per heavy atom. The second-order valence-electron chi connectivity index (χ2n) is 42.9. The summed E-state index contributed by atoms with van der Waals surface area (Å²) in [4.78, 5) is 65.8. The molecule has 20 heteroatoms. The van der Waals surface area contributed by atoms with E-state index in [-0.39, 0.29) is 51.7 Å². The van der Waals surface area contributed by atoms with E-state index < -0.39 is 84.3 Å². The summed E-state index contributed by atoms with van der Waals surface area (Å²) in [5.74, 6) is -4.12. The summed E-state index contributed by atoms with van der Waals surface area (Å²) >= 11 is 0. The molecule has 138 heavy (non-hydrogen) atoms. The van der Waals surface area contributed by atoms with Crippen molar-refractivity contribution >= 4 is 35.8 Å². The summed E-state index contributed by atoms with van der Waals surface area (Å²) in [6, 6.07) is 0. The van der Waals surface area contributed by atoms with Gasteiger partial charge in [-0.1, -0.05) is 527 Å². The zero-order valence-electron chi connectivity index (χ0n) is 90.0. The van der Waals surface area contributed by atoms with E-state index in [1.807, 2.05) is 0 Å². The molecule has 0 aromatic carbocycles. The fourth-order valence-corrected chi connectivity index (χ4v) is 20.9. The molecule has 12 N–H and O–H groups in total. The molecule has 0 aromatic rings. The standard InChI is InChI=1S/C113H216O16.C5H12O4/c114-103-111(104-115,112(97-85-73-61-49-37-25-13-1-7-19-31-43-55-67-79-91-105(116)117,98-86-74-62-50-38-26-14-2-8-20-32-44-56-68-80-92-106(118)119)128-101-89-77-65-53-41-29-17-5-11-23-35-47-59-71-83-95-109(124)125)113(99-87-75-63-51-39-27-15-3-9-21-33-45-57-69-81-93-107(120)121,100-88-76-64-52-40-28-16-4-10-22-34-46-58-70-82-94-108(122)123)129-102-90-78-66-54-42-30-18-6-12-24-36-48-60-72-84-96-110(126)127;6-1-5(2-7,3-8)4-9/h114-115H,1-104H2,(H,116,117)(H,118,119)(H,120,121)(H,122,123)(H,124,125)(H,126,127);6-9H,1-4H2. The van der Waals surface area contributed by atoms with Crippen LogP contribution in [0.25, 0.3) is 0 Å². The molecule has 820 valence electrons. The van der Waals surface area contributed by atoms with Gasteiger partial charge in [-0.05, 0) is 77.0 Å². The number of hydrogen-bond donors (Lipinski definition) is 12. The molecule has 0 aliphatic carbocycles. The van der Waals surface area contributed by atoms with E-state index in [4.69, 9.17) is 60.5 Å². The molecule has 0 fully saturated rings. The molecule has 0 aliphatic heterocycles. The van der Waals surface area contributed by atoms with Crippen LogP contribution in [0, 0.1) is 10.8 Å². The Labute approximate surface area is 847 Å². The van der Waals surface area contributed by atoms with Crippen LogP contribution in [-0.2, 0) is 38.2 Å². The highest BCUT2D eigenvalue weighted by molar-refractivity contribution is 5.68. The van der Waals surface area contributed by atoms with Crippen LogP contribution >= 0.6 is 0 Å². The quantitative estimate of drug-likeness (QED) is 0.0252. The zero-order valence-corrected chi connectivity index (χ0v) is 90.0. The lowest BCUT2D eigenvalue weighted by Crippen LogP contribution is -2.68. The van der Waals surface area contributed by atoms with Crippen LogP contribution in [-0.4, -0.2) is 161 Å².